The minimum atomic E-state index is -0.942. The van der Waals surface area contributed by atoms with Crippen LogP contribution in [0, 0.1) is 11.3 Å². The van der Waals surface area contributed by atoms with Gasteiger partial charge in [-0.15, -0.1) is 0 Å². The normalized spacial score (nSPS) is 15.4. The molecule has 0 saturated carbocycles. The third kappa shape index (κ3) is 2.13. The van der Waals surface area contributed by atoms with Crippen LogP contribution in [0.3, 0.4) is 0 Å². The van der Waals surface area contributed by atoms with E-state index in [4.69, 9.17) is 0 Å². The first-order chi connectivity index (χ1) is 8.68. The van der Waals surface area contributed by atoms with Gasteiger partial charge in [0.25, 0.3) is 0 Å². The van der Waals surface area contributed by atoms with Gasteiger partial charge in [0.15, 0.2) is 0 Å². The average molecular weight is 237 g/mol. The predicted molar refractivity (Wildman–Crippen MR) is 70.8 cm³/mol. The van der Waals surface area contributed by atoms with E-state index in [2.05, 4.69) is 6.07 Å². The summed E-state index contributed by atoms with van der Waals surface area (Å²) < 4.78 is 0. The third-order valence-electron chi connectivity index (χ3n) is 3.27. The van der Waals surface area contributed by atoms with Gasteiger partial charge in [-0.25, -0.2) is 0 Å². The molecule has 0 aliphatic carbocycles. The van der Waals surface area contributed by atoms with E-state index in [1.807, 2.05) is 60.7 Å². The zero-order valence-corrected chi connectivity index (χ0v) is 10.2. The molecule has 0 fully saturated rings. The molecule has 2 heteroatoms. The van der Waals surface area contributed by atoms with Crippen LogP contribution in [-0.2, 0) is 5.41 Å². The van der Waals surface area contributed by atoms with Crippen molar-refractivity contribution in [1.82, 2.24) is 0 Å². The Morgan fingerprint density at radius 1 is 1.00 bits per heavy atom. The molecular formula is C16H15NO. The largest absolute Gasteiger partial charge is 0.386 e. The van der Waals surface area contributed by atoms with E-state index in [1.54, 1.807) is 6.92 Å². The molecule has 1 N–H and O–H groups in total. The number of hydrogen-bond acceptors (Lipinski definition) is 2. The number of aliphatic hydroxyl groups is 1. The average Bonchev–Trinajstić information content (AvgIpc) is 2.47. The molecule has 2 aromatic carbocycles. The van der Waals surface area contributed by atoms with Gasteiger partial charge in [-0.05, 0) is 18.1 Å². The van der Waals surface area contributed by atoms with Crippen LogP contribution >= 0.6 is 0 Å². The molecule has 0 aromatic heterocycles. The molecule has 0 amide bonds. The monoisotopic (exact) mass is 237 g/mol. The fraction of sp³-hybridized carbons (Fsp3) is 0.188. The molecule has 0 saturated heterocycles. The second-order valence-electron chi connectivity index (χ2n) is 4.49. The maximum atomic E-state index is 10.5. The van der Waals surface area contributed by atoms with Crippen molar-refractivity contribution in [2.45, 2.75) is 18.4 Å². The van der Waals surface area contributed by atoms with Crippen LogP contribution in [0.25, 0.3) is 0 Å². The Hall–Kier alpha value is -2.11. The number of rotatable bonds is 3. The maximum Gasteiger partial charge on any atom is 0.109 e. The lowest BCUT2D eigenvalue weighted by molar-refractivity contribution is 0.119. The summed E-state index contributed by atoms with van der Waals surface area (Å²) in [4.78, 5) is 0. The highest BCUT2D eigenvalue weighted by Gasteiger charge is 2.35. The summed E-state index contributed by atoms with van der Waals surface area (Å²) in [5, 5.41) is 19.9. The van der Waals surface area contributed by atoms with E-state index in [-0.39, 0.29) is 0 Å². The fourth-order valence-electron chi connectivity index (χ4n) is 2.04. The van der Waals surface area contributed by atoms with E-state index >= 15 is 0 Å². The van der Waals surface area contributed by atoms with Crippen molar-refractivity contribution in [2.24, 2.45) is 0 Å². The molecule has 2 nitrogen and oxygen atoms in total. The first kappa shape index (κ1) is 12.3. The molecule has 0 radical (unpaired) electrons. The second kappa shape index (κ2) is 5.03. The van der Waals surface area contributed by atoms with Gasteiger partial charge in [-0.3, -0.25) is 0 Å². The van der Waals surface area contributed by atoms with Crippen molar-refractivity contribution < 1.29 is 5.11 Å². The van der Waals surface area contributed by atoms with Gasteiger partial charge in [0.2, 0.25) is 0 Å². The molecule has 2 aromatic rings. The summed E-state index contributed by atoms with van der Waals surface area (Å²) in [6.07, 6.45) is -0.842. The highest BCUT2D eigenvalue weighted by molar-refractivity contribution is 5.37. The fourth-order valence-corrected chi connectivity index (χ4v) is 2.04. The van der Waals surface area contributed by atoms with Gasteiger partial charge in [-0.1, -0.05) is 60.7 Å². The highest BCUT2D eigenvalue weighted by Crippen LogP contribution is 2.36. The first-order valence-electron chi connectivity index (χ1n) is 5.88. The van der Waals surface area contributed by atoms with Gasteiger partial charge in [0.05, 0.1) is 6.07 Å². The second-order valence-corrected chi connectivity index (χ2v) is 4.49. The summed E-state index contributed by atoms with van der Waals surface area (Å²) in [6, 6.07) is 20.9. The standard InChI is InChI=1S/C16H15NO/c1-16(12-17,14-10-6-3-7-11-14)15(18)13-8-4-2-5-9-13/h2-11,15,18H,1H3. The molecule has 2 atom stereocenters. The summed E-state index contributed by atoms with van der Waals surface area (Å²) in [6.45, 7) is 1.76. The Kier molecular flexibility index (Phi) is 3.45. The number of hydrogen-bond donors (Lipinski definition) is 1. The molecule has 2 unspecified atom stereocenters. The maximum absolute atomic E-state index is 10.5. The lowest BCUT2D eigenvalue weighted by atomic mass is 9.76. The molecule has 0 bridgehead atoms. The molecule has 2 rings (SSSR count). The summed E-state index contributed by atoms with van der Waals surface area (Å²) in [5.41, 5.74) is 0.636. The van der Waals surface area contributed by atoms with Gasteiger partial charge in [0, 0.05) is 0 Å². The zero-order valence-electron chi connectivity index (χ0n) is 10.2. The van der Waals surface area contributed by atoms with Crippen molar-refractivity contribution in [3.05, 3.63) is 71.8 Å². The Morgan fingerprint density at radius 3 is 2.00 bits per heavy atom. The molecular weight excluding hydrogens is 222 g/mol. The van der Waals surface area contributed by atoms with E-state index in [9.17, 15) is 10.4 Å². The van der Waals surface area contributed by atoms with Crippen LogP contribution in [0.4, 0.5) is 0 Å². The Bertz CT molecular complexity index is 544. The summed E-state index contributed by atoms with van der Waals surface area (Å²) in [5.74, 6) is 0. The van der Waals surface area contributed by atoms with E-state index in [0.29, 0.717) is 0 Å². The molecule has 0 spiro atoms. The van der Waals surface area contributed by atoms with Gasteiger partial charge in [0.1, 0.15) is 11.5 Å². The Labute approximate surface area is 107 Å². The topological polar surface area (TPSA) is 44.0 Å². The van der Waals surface area contributed by atoms with Crippen LogP contribution in [-0.4, -0.2) is 5.11 Å². The molecule has 0 heterocycles. The van der Waals surface area contributed by atoms with Gasteiger partial charge < -0.3 is 5.11 Å². The van der Waals surface area contributed by atoms with Crippen molar-refractivity contribution in [1.29, 1.82) is 5.26 Å². The predicted octanol–water partition coefficient (Wildman–Crippen LogP) is 3.20. The Balaban J connectivity index is 2.43. The zero-order chi connectivity index (χ0) is 13.0. The van der Waals surface area contributed by atoms with Gasteiger partial charge in [-0.2, -0.15) is 5.26 Å². The van der Waals surface area contributed by atoms with E-state index in [1.165, 1.54) is 0 Å². The van der Waals surface area contributed by atoms with Gasteiger partial charge >= 0.3 is 0 Å². The quantitative estimate of drug-likeness (QED) is 0.890. The van der Waals surface area contributed by atoms with Crippen LogP contribution in [0.15, 0.2) is 60.7 Å². The SMILES string of the molecule is CC(C#N)(c1ccccc1)C(O)c1ccccc1. The molecule has 18 heavy (non-hydrogen) atoms. The summed E-state index contributed by atoms with van der Waals surface area (Å²) in [7, 11) is 0. The Morgan fingerprint density at radius 2 is 1.50 bits per heavy atom. The van der Waals surface area contributed by atoms with Crippen molar-refractivity contribution in [3.63, 3.8) is 0 Å². The molecule has 0 aliphatic heterocycles. The molecule has 0 aliphatic rings. The first-order valence-corrected chi connectivity index (χ1v) is 5.88. The number of nitrogens with zero attached hydrogens (tertiary/aromatic N) is 1. The van der Waals surface area contributed by atoms with E-state index < -0.39 is 11.5 Å². The van der Waals surface area contributed by atoms with Crippen LogP contribution < -0.4 is 0 Å². The van der Waals surface area contributed by atoms with Crippen molar-refractivity contribution >= 4 is 0 Å². The van der Waals surface area contributed by atoms with Crippen molar-refractivity contribution in [2.75, 3.05) is 0 Å². The lowest BCUT2D eigenvalue weighted by Gasteiger charge is -2.28. The minimum Gasteiger partial charge on any atom is -0.386 e. The van der Waals surface area contributed by atoms with Crippen LogP contribution in [0.1, 0.15) is 24.2 Å². The van der Waals surface area contributed by atoms with E-state index in [0.717, 1.165) is 11.1 Å². The van der Waals surface area contributed by atoms with Crippen molar-refractivity contribution in [3.8, 4) is 6.07 Å². The minimum absolute atomic E-state index is 0.755. The van der Waals surface area contributed by atoms with Crippen LogP contribution in [0.2, 0.25) is 0 Å². The summed E-state index contributed by atoms with van der Waals surface area (Å²) >= 11 is 0. The smallest absolute Gasteiger partial charge is 0.109 e. The number of nitriles is 1. The number of aliphatic hydroxyl groups excluding tert-OH is 1. The highest BCUT2D eigenvalue weighted by atomic mass is 16.3. The third-order valence-corrected chi connectivity index (χ3v) is 3.27. The number of benzene rings is 2. The van der Waals surface area contributed by atoms with Crippen LogP contribution in [0.5, 0.6) is 0 Å². The molecule has 90 valence electrons. The lowest BCUT2D eigenvalue weighted by Crippen LogP contribution is -2.28.